The fourth-order valence-corrected chi connectivity index (χ4v) is 2.22. The molecule has 0 aliphatic carbocycles. The van der Waals surface area contributed by atoms with Crippen LogP contribution in [-0.2, 0) is 17.8 Å². The normalized spacial score (nSPS) is 15.9. The van der Waals surface area contributed by atoms with Crippen molar-refractivity contribution in [3.8, 4) is 0 Å². The Morgan fingerprint density at radius 1 is 1.47 bits per heavy atom. The van der Waals surface area contributed by atoms with Crippen LogP contribution in [0.3, 0.4) is 0 Å². The van der Waals surface area contributed by atoms with E-state index in [1.165, 1.54) is 0 Å². The van der Waals surface area contributed by atoms with E-state index in [0.29, 0.717) is 19.0 Å². The first-order chi connectivity index (χ1) is 9.24. The number of rotatable bonds is 6. The fraction of sp³-hybridized carbons (Fsp3) is 0.692. The topological polar surface area (TPSA) is 93.3 Å². The zero-order valence-electron chi connectivity index (χ0n) is 11.4. The smallest absolute Gasteiger partial charge is 0.222 e. The Bertz CT molecular complexity index is 425. The molecule has 6 heteroatoms. The van der Waals surface area contributed by atoms with Crippen LogP contribution in [0, 0.1) is 0 Å². The van der Waals surface area contributed by atoms with Crippen LogP contribution < -0.4 is 11.1 Å². The fourth-order valence-electron chi connectivity index (χ4n) is 2.22. The van der Waals surface area contributed by atoms with Gasteiger partial charge in [0.15, 0.2) is 0 Å². The van der Waals surface area contributed by atoms with Gasteiger partial charge in [0.1, 0.15) is 5.82 Å². The van der Waals surface area contributed by atoms with Crippen molar-refractivity contribution in [3.05, 3.63) is 11.3 Å². The number of ether oxygens (including phenoxy) is 1. The first kappa shape index (κ1) is 14.0. The summed E-state index contributed by atoms with van der Waals surface area (Å²) in [5.74, 6) is 0.979. The molecular weight excluding hydrogens is 244 g/mol. The van der Waals surface area contributed by atoms with E-state index in [4.69, 9.17) is 10.5 Å². The Labute approximate surface area is 113 Å². The Kier molecular flexibility index (Phi) is 4.93. The molecule has 0 bridgehead atoms. The summed E-state index contributed by atoms with van der Waals surface area (Å²) < 4.78 is 5.45. The number of hydrogen-bond donors (Lipinski definition) is 3. The molecule has 1 aliphatic rings. The Balaban J connectivity index is 2.16. The minimum atomic E-state index is 0.000256. The van der Waals surface area contributed by atoms with Gasteiger partial charge in [0, 0.05) is 12.0 Å². The maximum Gasteiger partial charge on any atom is 0.222 e. The van der Waals surface area contributed by atoms with Crippen LogP contribution in [0.25, 0.3) is 0 Å². The average molecular weight is 266 g/mol. The molecule has 0 fully saturated rings. The number of anilines is 2. The summed E-state index contributed by atoms with van der Waals surface area (Å²) in [5.41, 5.74) is 7.65. The first-order valence-corrected chi connectivity index (χ1v) is 6.85. The van der Waals surface area contributed by atoms with Gasteiger partial charge < -0.3 is 20.9 Å². The minimum absolute atomic E-state index is 0.000256. The number of aromatic nitrogens is 2. The van der Waals surface area contributed by atoms with E-state index < -0.39 is 0 Å². The van der Waals surface area contributed by atoms with Gasteiger partial charge in [-0.15, -0.1) is 0 Å². The van der Waals surface area contributed by atoms with Crippen molar-refractivity contribution in [2.24, 2.45) is 0 Å². The molecule has 0 amide bonds. The number of hydrogen-bond acceptors (Lipinski definition) is 6. The van der Waals surface area contributed by atoms with E-state index in [1.807, 2.05) is 0 Å². The largest absolute Gasteiger partial charge is 0.394 e. The van der Waals surface area contributed by atoms with Crippen molar-refractivity contribution >= 4 is 11.8 Å². The third-order valence-electron chi connectivity index (χ3n) is 3.31. The SMILES string of the molecule is CCCC[C@H](CO)Nc1nc(N)nc2c1COCC2. The molecule has 1 atom stereocenters. The van der Waals surface area contributed by atoms with Gasteiger partial charge in [-0.3, -0.25) is 0 Å². The molecule has 0 radical (unpaired) electrons. The number of unbranched alkanes of at least 4 members (excludes halogenated alkanes) is 1. The summed E-state index contributed by atoms with van der Waals surface area (Å²) in [5, 5.41) is 12.7. The average Bonchev–Trinajstić information content (AvgIpc) is 2.43. The van der Waals surface area contributed by atoms with E-state index in [9.17, 15) is 5.11 Å². The lowest BCUT2D eigenvalue weighted by Gasteiger charge is -2.22. The van der Waals surface area contributed by atoms with Gasteiger partial charge in [-0.05, 0) is 6.42 Å². The van der Waals surface area contributed by atoms with Gasteiger partial charge >= 0.3 is 0 Å². The van der Waals surface area contributed by atoms with Crippen LogP contribution >= 0.6 is 0 Å². The number of aliphatic hydroxyl groups is 1. The lowest BCUT2D eigenvalue weighted by molar-refractivity contribution is 0.109. The number of nitrogens with two attached hydrogens (primary N) is 1. The molecule has 1 aliphatic heterocycles. The highest BCUT2D eigenvalue weighted by Gasteiger charge is 2.19. The van der Waals surface area contributed by atoms with E-state index in [0.717, 1.165) is 36.9 Å². The maximum atomic E-state index is 9.42. The number of aliphatic hydroxyl groups excluding tert-OH is 1. The number of nitrogens with zero attached hydrogens (tertiary/aromatic N) is 2. The molecule has 2 heterocycles. The monoisotopic (exact) mass is 266 g/mol. The molecule has 0 aromatic carbocycles. The Morgan fingerprint density at radius 3 is 3.05 bits per heavy atom. The number of nitrogen functional groups attached to an aromatic ring is 1. The number of nitrogens with one attached hydrogen (secondary N) is 1. The van der Waals surface area contributed by atoms with Gasteiger partial charge in [-0.25, -0.2) is 4.98 Å². The summed E-state index contributed by atoms with van der Waals surface area (Å²) in [6, 6.07) is 0.000256. The molecule has 0 saturated heterocycles. The summed E-state index contributed by atoms with van der Waals surface area (Å²) in [6.07, 6.45) is 3.84. The molecule has 2 rings (SSSR count). The lowest BCUT2D eigenvalue weighted by Crippen LogP contribution is -2.27. The zero-order valence-corrected chi connectivity index (χ0v) is 11.4. The zero-order chi connectivity index (χ0) is 13.7. The van der Waals surface area contributed by atoms with Crippen molar-refractivity contribution in [2.75, 3.05) is 24.3 Å². The van der Waals surface area contributed by atoms with E-state index >= 15 is 0 Å². The minimum Gasteiger partial charge on any atom is -0.394 e. The van der Waals surface area contributed by atoms with Gasteiger partial charge in [-0.2, -0.15) is 4.98 Å². The van der Waals surface area contributed by atoms with Crippen LogP contribution in [0.5, 0.6) is 0 Å². The molecule has 1 aromatic heterocycles. The predicted octanol–water partition coefficient (Wildman–Crippen LogP) is 1.09. The third-order valence-corrected chi connectivity index (χ3v) is 3.31. The molecule has 0 unspecified atom stereocenters. The molecule has 6 nitrogen and oxygen atoms in total. The van der Waals surface area contributed by atoms with Gasteiger partial charge in [0.2, 0.25) is 5.95 Å². The van der Waals surface area contributed by atoms with Crippen LogP contribution in [-0.4, -0.2) is 34.3 Å². The summed E-state index contributed by atoms with van der Waals surface area (Å²) in [7, 11) is 0. The van der Waals surface area contributed by atoms with Crippen LogP contribution in [0.1, 0.15) is 37.4 Å². The van der Waals surface area contributed by atoms with E-state index in [1.54, 1.807) is 0 Å². The highest BCUT2D eigenvalue weighted by molar-refractivity contribution is 5.50. The molecule has 0 saturated carbocycles. The van der Waals surface area contributed by atoms with Crippen LogP contribution in [0.4, 0.5) is 11.8 Å². The van der Waals surface area contributed by atoms with Gasteiger partial charge in [-0.1, -0.05) is 19.8 Å². The Morgan fingerprint density at radius 2 is 2.32 bits per heavy atom. The van der Waals surface area contributed by atoms with Gasteiger partial charge in [0.25, 0.3) is 0 Å². The van der Waals surface area contributed by atoms with Crippen molar-refractivity contribution < 1.29 is 9.84 Å². The second-order valence-corrected chi connectivity index (χ2v) is 4.82. The quantitative estimate of drug-likeness (QED) is 0.714. The second kappa shape index (κ2) is 6.68. The summed E-state index contributed by atoms with van der Waals surface area (Å²) >= 11 is 0. The molecule has 1 aromatic rings. The molecule has 0 spiro atoms. The Hall–Kier alpha value is -1.40. The van der Waals surface area contributed by atoms with Crippen molar-refractivity contribution in [1.29, 1.82) is 0 Å². The van der Waals surface area contributed by atoms with Crippen molar-refractivity contribution in [2.45, 2.75) is 45.3 Å². The number of fused-ring (bicyclic) bond motifs is 1. The third kappa shape index (κ3) is 3.54. The lowest BCUT2D eigenvalue weighted by atomic mass is 10.1. The standard InChI is InChI=1S/C13H22N4O2/c1-2-3-4-9(7-18)15-12-10-8-19-6-5-11(10)16-13(14)17-12/h9,18H,2-8H2,1H3,(H3,14,15,16,17)/t9-/m1/s1. The van der Waals surface area contributed by atoms with Crippen molar-refractivity contribution in [3.63, 3.8) is 0 Å². The summed E-state index contributed by atoms with van der Waals surface area (Å²) in [4.78, 5) is 8.50. The molecule has 4 N–H and O–H groups in total. The molecule has 106 valence electrons. The van der Waals surface area contributed by atoms with Gasteiger partial charge in [0.05, 0.1) is 31.6 Å². The van der Waals surface area contributed by atoms with Crippen LogP contribution in [0.15, 0.2) is 0 Å². The van der Waals surface area contributed by atoms with E-state index in [2.05, 4.69) is 22.2 Å². The molecular formula is C13H22N4O2. The molecule has 19 heavy (non-hydrogen) atoms. The van der Waals surface area contributed by atoms with E-state index in [-0.39, 0.29) is 18.6 Å². The second-order valence-electron chi connectivity index (χ2n) is 4.82. The predicted molar refractivity (Wildman–Crippen MR) is 73.8 cm³/mol. The van der Waals surface area contributed by atoms with Crippen LogP contribution in [0.2, 0.25) is 0 Å². The summed E-state index contributed by atoms with van der Waals surface area (Å²) in [6.45, 7) is 3.39. The maximum absolute atomic E-state index is 9.42. The first-order valence-electron chi connectivity index (χ1n) is 6.85. The van der Waals surface area contributed by atoms with Crippen molar-refractivity contribution in [1.82, 2.24) is 9.97 Å². The highest BCUT2D eigenvalue weighted by atomic mass is 16.5. The highest BCUT2D eigenvalue weighted by Crippen LogP contribution is 2.24.